The summed E-state index contributed by atoms with van der Waals surface area (Å²) >= 11 is 0. The van der Waals surface area contributed by atoms with E-state index in [4.69, 9.17) is 5.11 Å². The number of amides is 1. The molecule has 0 bridgehead atoms. The van der Waals surface area contributed by atoms with Gasteiger partial charge in [0.15, 0.2) is 6.04 Å². The van der Waals surface area contributed by atoms with E-state index in [9.17, 15) is 14.7 Å². The molecular weight excluding hydrogens is 236 g/mol. The molecule has 0 fully saturated rings. The minimum Gasteiger partial charge on any atom is -0.480 e. The van der Waals surface area contributed by atoms with Crippen LogP contribution >= 0.6 is 0 Å². The molecule has 0 unspecified atom stereocenters. The summed E-state index contributed by atoms with van der Waals surface area (Å²) in [6.07, 6.45) is 2.78. The first-order chi connectivity index (χ1) is 8.50. The summed E-state index contributed by atoms with van der Waals surface area (Å²) in [5.41, 5.74) is 0.900. The molecule has 2 atom stereocenters. The highest BCUT2D eigenvalue weighted by molar-refractivity contribution is 5.84. The number of aliphatic hydroxyl groups is 1. The van der Waals surface area contributed by atoms with Crippen LogP contribution in [0.25, 0.3) is 0 Å². The number of aliphatic carboxylic acids is 1. The molecule has 0 spiro atoms. The van der Waals surface area contributed by atoms with Crippen molar-refractivity contribution in [1.29, 1.82) is 0 Å². The Bertz CT molecular complexity index is 406. The first kappa shape index (κ1) is 14.1. The van der Waals surface area contributed by atoms with E-state index in [1.54, 1.807) is 18.5 Å². The largest absolute Gasteiger partial charge is 0.480 e. The van der Waals surface area contributed by atoms with Crippen molar-refractivity contribution in [1.82, 2.24) is 10.3 Å². The van der Waals surface area contributed by atoms with Crippen LogP contribution in [0.5, 0.6) is 0 Å². The van der Waals surface area contributed by atoms with Crippen LogP contribution in [-0.4, -0.2) is 39.2 Å². The van der Waals surface area contributed by atoms with Gasteiger partial charge in [0.25, 0.3) is 0 Å². The molecule has 0 aliphatic rings. The van der Waals surface area contributed by atoms with E-state index in [-0.39, 0.29) is 6.42 Å². The second-order valence-electron chi connectivity index (χ2n) is 3.99. The summed E-state index contributed by atoms with van der Waals surface area (Å²) in [4.78, 5) is 26.2. The molecule has 0 aliphatic carbocycles. The van der Waals surface area contributed by atoms with Crippen LogP contribution in [0.3, 0.4) is 0 Å². The van der Waals surface area contributed by atoms with Crippen molar-refractivity contribution >= 4 is 11.9 Å². The molecule has 1 aromatic rings. The van der Waals surface area contributed by atoms with Crippen LogP contribution in [0.1, 0.15) is 18.9 Å². The number of carboxylic acid groups (broad SMARTS) is 1. The van der Waals surface area contributed by atoms with Crippen molar-refractivity contribution in [3.05, 3.63) is 30.1 Å². The van der Waals surface area contributed by atoms with Gasteiger partial charge in [-0.2, -0.15) is 0 Å². The molecule has 18 heavy (non-hydrogen) atoms. The zero-order valence-electron chi connectivity index (χ0n) is 10.0. The lowest BCUT2D eigenvalue weighted by Crippen LogP contribution is -2.47. The molecule has 3 N–H and O–H groups in total. The smallest absolute Gasteiger partial charge is 0.328 e. The van der Waals surface area contributed by atoms with E-state index in [1.165, 1.54) is 6.92 Å². The van der Waals surface area contributed by atoms with Crippen LogP contribution < -0.4 is 5.32 Å². The SMILES string of the molecule is C[C@@H](O)[C@H](NC(=O)CCc1cccnc1)C(=O)O. The van der Waals surface area contributed by atoms with Gasteiger partial charge in [0, 0.05) is 18.8 Å². The van der Waals surface area contributed by atoms with Crippen molar-refractivity contribution in [2.45, 2.75) is 31.9 Å². The van der Waals surface area contributed by atoms with Gasteiger partial charge in [0.1, 0.15) is 0 Å². The number of aromatic nitrogens is 1. The van der Waals surface area contributed by atoms with E-state index >= 15 is 0 Å². The van der Waals surface area contributed by atoms with Crippen LogP contribution in [0.15, 0.2) is 24.5 Å². The van der Waals surface area contributed by atoms with Crippen LogP contribution in [-0.2, 0) is 16.0 Å². The molecule has 1 rings (SSSR count). The zero-order chi connectivity index (χ0) is 13.5. The fourth-order valence-electron chi connectivity index (χ4n) is 1.44. The monoisotopic (exact) mass is 252 g/mol. The number of carbonyl (C=O) groups is 2. The van der Waals surface area contributed by atoms with Gasteiger partial charge in [-0.3, -0.25) is 9.78 Å². The second kappa shape index (κ2) is 6.70. The molecule has 98 valence electrons. The Morgan fingerprint density at radius 3 is 2.72 bits per heavy atom. The Labute approximate surface area is 105 Å². The Kier molecular flexibility index (Phi) is 5.26. The molecule has 1 aromatic heterocycles. The molecular formula is C12H16N2O4. The average molecular weight is 252 g/mol. The van der Waals surface area contributed by atoms with Crippen molar-refractivity contribution < 1.29 is 19.8 Å². The van der Waals surface area contributed by atoms with Crippen molar-refractivity contribution in [2.24, 2.45) is 0 Å². The number of aliphatic hydroxyl groups excluding tert-OH is 1. The minimum absolute atomic E-state index is 0.155. The molecule has 6 nitrogen and oxygen atoms in total. The minimum atomic E-state index is -1.27. The Morgan fingerprint density at radius 2 is 2.22 bits per heavy atom. The van der Waals surface area contributed by atoms with Crippen molar-refractivity contribution in [3.8, 4) is 0 Å². The summed E-state index contributed by atoms with van der Waals surface area (Å²) in [7, 11) is 0. The maximum Gasteiger partial charge on any atom is 0.328 e. The van der Waals surface area contributed by atoms with Crippen LogP contribution in [0, 0.1) is 0 Å². The average Bonchev–Trinajstić information content (AvgIpc) is 2.34. The third-order valence-corrected chi connectivity index (χ3v) is 2.43. The quantitative estimate of drug-likeness (QED) is 0.660. The highest BCUT2D eigenvalue weighted by atomic mass is 16.4. The topological polar surface area (TPSA) is 99.5 Å². The van der Waals surface area contributed by atoms with Gasteiger partial charge in [-0.05, 0) is 25.0 Å². The predicted octanol–water partition coefficient (Wildman–Crippen LogP) is -0.0356. The Morgan fingerprint density at radius 1 is 1.50 bits per heavy atom. The standard InChI is InChI=1S/C12H16N2O4/c1-8(15)11(12(17)18)14-10(16)5-4-9-3-2-6-13-7-9/h2-3,6-8,11,15H,4-5H2,1H3,(H,14,16)(H,17,18)/t8-,11+/m1/s1. The normalized spacial score (nSPS) is 13.7. The van der Waals surface area contributed by atoms with E-state index in [0.717, 1.165) is 5.56 Å². The zero-order valence-corrected chi connectivity index (χ0v) is 10.0. The summed E-state index contributed by atoms with van der Waals surface area (Å²) < 4.78 is 0. The summed E-state index contributed by atoms with van der Waals surface area (Å²) in [6, 6.07) is 2.33. The maximum atomic E-state index is 11.5. The van der Waals surface area contributed by atoms with Gasteiger partial charge in [0.2, 0.25) is 5.91 Å². The summed E-state index contributed by atoms with van der Waals surface area (Å²) in [5, 5.41) is 20.3. The number of carbonyl (C=O) groups excluding carboxylic acids is 1. The number of hydrogen-bond donors (Lipinski definition) is 3. The number of pyridine rings is 1. The third-order valence-electron chi connectivity index (χ3n) is 2.43. The number of carboxylic acids is 1. The summed E-state index contributed by atoms with van der Waals surface area (Å²) in [5.74, 6) is -1.66. The molecule has 0 aliphatic heterocycles. The van der Waals surface area contributed by atoms with Crippen molar-refractivity contribution in [2.75, 3.05) is 0 Å². The van der Waals surface area contributed by atoms with E-state index in [1.807, 2.05) is 6.07 Å². The van der Waals surface area contributed by atoms with Crippen molar-refractivity contribution in [3.63, 3.8) is 0 Å². The first-order valence-electron chi connectivity index (χ1n) is 5.60. The van der Waals surface area contributed by atoms with Gasteiger partial charge in [-0.1, -0.05) is 6.07 Å². The highest BCUT2D eigenvalue weighted by Crippen LogP contribution is 2.01. The molecule has 0 saturated heterocycles. The van der Waals surface area contributed by atoms with Gasteiger partial charge < -0.3 is 15.5 Å². The lowest BCUT2D eigenvalue weighted by Gasteiger charge is -2.16. The van der Waals surface area contributed by atoms with Crippen LogP contribution in [0.4, 0.5) is 0 Å². The first-order valence-corrected chi connectivity index (χ1v) is 5.60. The number of nitrogens with zero attached hydrogens (tertiary/aromatic N) is 1. The van der Waals surface area contributed by atoms with E-state index in [2.05, 4.69) is 10.3 Å². The van der Waals surface area contributed by atoms with Gasteiger partial charge in [0.05, 0.1) is 6.10 Å². The fraction of sp³-hybridized carbons (Fsp3) is 0.417. The second-order valence-corrected chi connectivity index (χ2v) is 3.99. The number of nitrogens with one attached hydrogen (secondary N) is 1. The molecule has 1 heterocycles. The number of hydrogen-bond acceptors (Lipinski definition) is 4. The lowest BCUT2D eigenvalue weighted by molar-refractivity contribution is -0.144. The fourth-order valence-corrected chi connectivity index (χ4v) is 1.44. The number of rotatable bonds is 6. The third kappa shape index (κ3) is 4.50. The molecule has 0 saturated carbocycles. The van der Waals surface area contributed by atoms with Crippen LogP contribution in [0.2, 0.25) is 0 Å². The lowest BCUT2D eigenvalue weighted by atomic mass is 10.1. The highest BCUT2D eigenvalue weighted by Gasteiger charge is 2.24. The summed E-state index contributed by atoms with van der Waals surface area (Å²) in [6.45, 7) is 1.32. The van der Waals surface area contributed by atoms with E-state index in [0.29, 0.717) is 6.42 Å². The molecule has 0 radical (unpaired) electrons. The molecule has 0 aromatic carbocycles. The predicted molar refractivity (Wildman–Crippen MR) is 63.8 cm³/mol. The maximum absolute atomic E-state index is 11.5. The van der Waals surface area contributed by atoms with Gasteiger partial charge in [-0.25, -0.2) is 4.79 Å². The van der Waals surface area contributed by atoms with E-state index < -0.39 is 24.0 Å². The van der Waals surface area contributed by atoms with Gasteiger partial charge in [-0.15, -0.1) is 0 Å². The Balaban J connectivity index is 2.44. The number of aryl methyl sites for hydroxylation is 1. The molecule has 6 heteroatoms. The molecule has 1 amide bonds. The Hall–Kier alpha value is -1.95. The van der Waals surface area contributed by atoms with Gasteiger partial charge >= 0.3 is 5.97 Å².